The van der Waals surface area contributed by atoms with E-state index in [4.69, 9.17) is 4.74 Å². The molecule has 4 rings (SSSR count). The summed E-state index contributed by atoms with van der Waals surface area (Å²) in [6.45, 7) is 4.42. The number of amides is 1. The Hall–Kier alpha value is -2.70. The molecule has 1 aliphatic rings. The molecule has 3 aromatic rings. The van der Waals surface area contributed by atoms with Gasteiger partial charge in [0.15, 0.2) is 0 Å². The predicted molar refractivity (Wildman–Crippen MR) is 111 cm³/mol. The second-order valence-corrected chi connectivity index (χ2v) is 7.65. The van der Waals surface area contributed by atoms with Gasteiger partial charge in [-0.3, -0.25) is 9.69 Å². The second kappa shape index (κ2) is 8.99. The average Bonchev–Trinajstić information content (AvgIpc) is 3.26. The van der Waals surface area contributed by atoms with Gasteiger partial charge in [0.2, 0.25) is 0 Å². The summed E-state index contributed by atoms with van der Waals surface area (Å²) in [5.41, 5.74) is 2.06. The van der Waals surface area contributed by atoms with Gasteiger partial charge in [-0.2, -0.15) is 0 Å². The van der Waals surface area contributed by atoms with E-state index >= 15 is 0 Å². The van der Waals surface area contributed by atoms with Gasteiger partial charge in [-0.05, 0) is 36.2 Å². The van der Waals surface area contributed by atoms with Crippen molar-refractivity contribution in [1.82, 2.24) is 14.8 Å². The Morgan fingerprint density at radius 1 is 1.00 bits per heavy atom. The van der Waals surface area contributed by atoms with Crippen LogP contribution in [0.3, 0.4) is 0 Å². The fraction of sp³-hybridized carbons (Fsp3) is 0.273. The van der Waals surface area contributed by atoms with Gasteiger partial charge < -0.3 is 9.64 Å². The molecule has 0 saturated carbocycles. The highest BCUT2D eigenvalue weighted by Gasteiger charge is 2.22. The lowest BCUT2D eigenvalue weighted by Gasteiger charge is -2.34. The minimum absolute atomic E-state index is 0.0866. The molecule has 1 aliphatic heterocycles. The smallest absolute Gasteiger partial charge is 0.278 e. The molecule has 1 aromatic heterocycles. The highest BCUT2D eigenvalue weighted by Crippen LogP contribution is 2.23. The molecular weight excluding hydrogens is 370 g/mol. The summed E-state index contributed by atoms with van der Waals surface area (Å²) in [6.07, 6.45) is 2.76. The number of carbonyl (C=O) groups is 1. The standard InChI is InChI=1S/C22H23N3O2S/c26-21(19-6-8-20(9-7-19)27-22-23-11-17-28-22)25-15-13-24(14-16-25)12-10-18-4-2-1-3-5-18/h1-9,11,17H,10,12-16H2. The lowest BCUT2D eigenvalue weighted by atomic mass is 10.1. The molecular formula is C22H23N3O2S. The fourth-order valence-electron chi connectivity index (χ4n) is 3.32. The molecule has 5 nitrogen and oxygen atoms in total. The highest BCUT2D eigenvalue weighted by atomic mass is 32.1. The summed E-state index contributed by atoms with van der Waals surface area (Å²) in [4.78, 5) is 21.2. The van der Waals surface area contributed by atoms with Crippen molar-refractivity contribution in [2.45, 2.75) is 6.42 Å². The molecule has 1 amide bonds. The zero-order valence-electron chi connectivity index (χ0n) is 15.7. The number of benzene rings is 2. The van der Waals surface area contributed by atoms with Crippen molar-refractivity contribution < 1.29 is 9.53 Å². The van der Waals surface area contributed by atoms with Gasteiger partial charge >= 0.3 is 0 Å². The van der Waals surface area contributed by atoms with Crippen LogP contribution < -0.4 is 4.74 Å². The Morgan fingerprint density at radius 2 is 1.75 bits per heavy atom. The maximum Gasteiger partial charge on any atom is 0.278 e. The molecule has 0 spiro atoms. The van der Waals surface area contributed by atoms with E-state index in [1.807, 2.05) is 40.6 Å². The van der Waals surface area contributed by atoms with Crippen molar-refractivity contribution in [3.63, 3.8) is 0 Å². The Labute approximate surface area is 169 Å². The molecule has 0 aliphatic carbocycles. The van der Waals surface area contributed by atoms with Crippen molar-refractivity contribution in [3.8, 4) is 10.9 Å². The molecule has 1 fully saturated rings. The van der Waals surface area contributed by atoms with E-state index in [1.54, 1.807) is 6.20 Å². The SMILES string of the molecule is O=C(c1ccc(Oc2nccs2)cc1)N1CCN(CCc2ccccc2)CC1. The fourth-order valence-corrected chi connectivity index (χ4v) is 3.82. The molecule has 2 aromatic carbocycles. The van der Waals surface area contributed by atoms with Crippen molar-refractivity contribution in [3.05, 3.63) is 77.3 Å². The van der Waals surface area contributed by atoms with Crippen LogP contribution in [0.4, 0.5) is 0 Å². The van der Waals surface area contributed by atoms with Crippen LogP contribution in [-0.2, 0) is 6.42 Å². The third kappa shape index (κ3) is 4.77. The molecule has 0 unspecified atom stereocenters. The first-order valence-corrected chi connectivity index (χ1v) is 10.4. The van der Waals surface area contributed by atoms with Gasteiger partial charge in [0, 0.05) is 49.9 Å². The number of carbonyl (C=O) groups excluding carboxylic acids is 1. The van der Waals surface area contributed by atoms with Gasteiger partial charge in [0.05, 0.1) is 0 Å². The quantitative estimate of drug-likeness (QED) is 0.636. The first kappa shape index (κ1) is 18.7. The van der Waals surface area contributed by atoms with Gasteiger partial charge in [-0.1, -0.05) is 41.7 Å². The average molecular weight is 394 g/mol. The summed E-state index contributed by atoms with van der Waals surface area (Å²) < 4.78 is 5.65. The van der Waals surface area contributed by atoms with Crippen LogP contribution in [0.1, 0.15) is 15.9 Å². The number of hydrogen-bond acceptors (Lipinski definition) is 5. The van der Waals surface area contributed by atoms with E-state index in [-0.39, 0.29) is 5.91 Å². The first-order chi connectivity index (χ1) is 13.8. The Balaban J connectivity index is 1.26. The number of thiazole rings is 1. The summed E-state index contributed by atoms with van der Waals surface area (Å²) in [5, 5.41) is 2.47. The van der Waals surface area contributed by atoms with Crippen LogP contribution in [0, 0.1) is 0 Å². The number of aromatic nitrogens is 1. The van der Waals surface area contributed by atoms with Crippen molar-refractivity contribution in [2.24, 2.45) is 0 Å². The van der Waals surface area contributed by atoms with E-state index in [0.717, 1.165) is 39.1 Å². The summed E-state index contributed by atoms with van der Waals surface area (Å²) in [6, 6.07) is 17.9. The van der Waals surface area contributed by atoms with Crippen LogP contribution in [0.5, 0.6) is 10.9 Å². The van der Waals surface area contributed by atoms with Crippen molar-refractivity contribution in [2.75, 3.05) is 32.7 Å². The third-order valence-corrected chi connectivity index (χ3v) is 5.58. The summed E-state index contributed by atoms with van der Waals surface area (Å²) in [5.74, 6) is 0.778. The Bertz CT molecular complexity index is 874. The summed E-state index contributed by atoms with van der Waals surface area (Å²) >= 11 is 1.44. The molecule has 28 heavy (non-hydrogen) atoms. The third-order valence-electron chi connectivity index (χ3n) is 4.94. The van der Waals surface area contributed by atoms with E-state index in [9.17, 15) is 4.79 Å². The molecule has 0 bridgehead atoms. The monoisotopic (exact) mass is 393 g/mol. The van der Waals surface area contributed by atoms with Crippen molar-refractivity contribution >= 4 is 17.2 Å². The van der Waals surface area contributed by atoms with Gasteiger partial charge in [0.25, 0.3) is 11.1 Å². The second-order valence-electron chi connectivity index (χ2n) is 6.79. The van der Waals surface area contributed by atoms with E-state index in [2.05, 4.69) is 34.1 Å². The number of ether oxygens (including phenoxy) is 1. The van der Waals surface area contributed by atoms with Crippen LogP contribution in [0.25, 0.3) is 0 Å². The number of hydrogen-bond donors (Lipinski definition) is 0. The molecule has 0 atom stereocenters. The number of nitrogens with zero attached hydrogens (tertiary/aromatic N) is 3. The maximum absolute atomic E-state index is 12.8. The van der Waals surface area contributed by atoms with Crippen LogP contribution in [-0.4, -0.2) is 53.4 Å². The van der Waals surface area contributed by atoms with E-state index in [1.165, 1.54) is 16.9 Å². The zero-order chi connectivity index (χ0) is 19.2. The lowest BCUT2D eigenvalue weighted by Crippen LogP contribution is -2.49. The normalized spacial score (nSPS) is 14.8. The maximum atomic E-state index is 12.8. The molecule has 1 saturated heterocycles. The summed E-state index contributed by atoms with van der Waals surface area (Å²) in [7, 11) is 0. The number of piperazine rings is 1. The molecule has 144 valence electrons. The first-order valence-electron chi connectivity index (χ1n) is 9.51. The molecule has 2 heterocycles. The van der Waals surface area contributed by atoms with E-state index in [0.29, 0.717) is 16.5 Å². The zero-order valence-corrected chi connectivity index (χ0v) is 16.5. The van der Waals surface area contributed by atoms with E-state index < -0.39 is 0 Å². The van der Waals surface area contributed by atoms with Gasteiger partial charge in [-0.25, -0.2) is 4.98 Å². The molecule has 0 N–H and O–H groups in total. The lowest BCUT2D eigenvalue weighted by molar-refractivity contribution is 0.0638. The Morgan fingerprint density at radius 3 is 2.43 bits per heavy atom. The predicted octanol–water partition coefficient (Wildman–Crippen LogP) is 3.94. The van der Waals surface area contributed by atoms with Crippen molar-refractivity contribution in [1.29, 1.82) is 0 Å². The molecule has 0 radical (unpaired) electrons. The van der Waals surface area contributed by atoms with Gasteiger partial charge in [0.1, 0.15) is 5.75 Å². The van der Waals surface area contributed by atoms with Crippen LogP contribution in [0.2, 0.25) is 0 Å². The topological polar surface area (TPSA) is 45.7 Å². The molecule has 6 heteroatoms. The van der Waals surface area contributed by atoms with Gasteiger partial charge in [-0.15, -0.1) is 0 Å². The largest absolute Gasteiger partial charge is 0.431 e. The minimum atomic E-state index is 0.0866. The highest BCUT2D eigenvalue weighted by molar-refractivity contribution is 7.11. The minimum Gasteiger partial charge on any atom is -0.431 e. The Kier molecular flexibility index (Phi) is 5.99. The van der Waals surface area contributed by atoms with Crippen LogP contribution >= 0.6 is 11.3 Å². The number of rotatable bonds is 6. The van der Waals surface area contributed by atoms with Crippen LogP contribution in [0.15, 0.2) is 66.2 Å².